The summed E-state index contributed by atoms with van der Waals surface area (Å²) >= 11 is 0. The predicted molar refractivity (Wildman–Crippen MR) is 177 cm³/mol. The maximum absolute atomic E-state index is 13.4. The number of carbonyl (C=O) groups excluding carboxylic acids is 2. The predicted octanol–water partition coefficient (Wildman–Crippen LogP) is 6.49. The summed E-state index contributed by atoms with van der Waals surface area (Å²) in [6, 6.07) is 29.3. The molecule has 1 atom stereocenters. The molecule has 0 unspecified atom stereocenters. The van der Waals surface area contributed by atoms with Crippen LogP contribution in [0.4, 0.5) is 11.8 Å². The van der Waals surface area contributed by atoms with E-state index in [2.05, 4.69) is 34.1 Å². The topological polar surface area (TPSA) is 99.2 Å². The molecule has 224 valence electrons. The zero-order valence-corrected chi connectivity index (χ0v) is 25.4. The fraction of sp³-hybridized carbons (Fsp3) is 0.278. The summed E-state index contributed by atoms with van der Waals surface area (Å²) in [6.07, 6.45) is 3.40. The number of rotatable bonds is 8. The molecule has 8 heteroatoms. The quantitative estimate of drug-likeness (QED) is 0.192. The third kappa shape index (κ3) is 6.20. The number of amides is 2. The molecule has 2 amide bonds. The van der Waals surface area contributed by atoms with E-state index in [1.807, 2.05) is 74.4 Å². The summed E-state index contributed by atoms with van der Waals surface area (Å²) in [5.41, 5.74) is 2.70. The molecule has 1 aliphatic rings. The van der Waals surface area contributed by atoms with Crippen molar-refractivity contribution in [3.63, 3.8) is 0 Å². The highest BCUT2D eigenvalue weighted by Crippen LogP contribution is 2.27. The molecular formula is C36H38N6O2. The molecule has 1 aliphatic carbocycles. The molecule has 5 aromatic rings. The standard InChI is InChI=1S/C36H38N6O2/c1-23(27-17-10-12-24-11-4-5-13-28(24)27)37-34(43)29-14-6-7-15-30(29)35(44)38-25-19-21-26(22-20-25)39-36-40-32-18-9-8-16-31(32)33(41-36)42(2)3/h4-18,23,25-26H,19-22H2,1-3H3,(H,37,43)(H,38,44)(H,39,40,41)/t23-,25?,26?/m0/s1. The summed E-state index contributed by atoms with van der Waals surface area (Å²) in [7, 11) is 3.97. The van der Waals surface area contributed by atoms with Crippen LogP contribution < -0.4 is 20.9 Å². The first kappa shape index (κ1) is 29.1. The van der Waals surface area contributed by atoms with Crippen LogP contribution in [0.2, 0.25) is 0 Å². The molecule has 44 heavy (non-hydrogen) atoms. The number of hydrogen-bond acceptors (Lipinski definition) is 6. The van der Waals surface area contributed by atoms with Gasteiger partial charge in [-0.05, 0) is 73.2 Å². The van der Waals surface area contributed by atoms with Crippen LogP contribution in [0.15, 0.2) is 91.0 Å². The molecule has 1 heterocycles. The van der Waals surface area contributed by atoms with E-state index in [0.717, 1.165) is 58.7 Å². The second kappa shape index (κ2) is 12.7. The van der Waals surface area contributed by atoms with Crippen LogP contribution in [0.3, 0.4) is 0 Å². The van der Waals surface area contributed by atoms with Crippen LogP contribution in [-0.4, -0.2) is 48.0 Å². The summed E-state index contributed by atoms with van der Waals surface area (Å²) in [4.78, 5) is 38.4. The zero-order valence-electron chi connectivity index (χ0n) is 25.4. The maximum atomic E-state index is 13.4. The van der Waals surface area contributed by atoms with E-state index in [9.17, 15) is 9.59 Å². The van der Waals surface area contributed by atoms with Crippen LogP contribution in [0.5, 0.6) is 0 Å². The van der Waals surface area contributed by atoms with Gasteiger partial charge < -0.3 is 20.9 Å². The lowest BCUT2D eigenvalue weighted by molar-refractivity contribution is 0.0897. The molecule has 8 nitrogen and oxygen atoms in total. The van der Waals surface area contributed by atoms with Gasteiger partial charge in [-0.2, -0.15) is 4.98 Å². The number of carbonyl (C=O) groups is 2. The Morgan fingerprint density at radius 3 is 2.09 bits per heavy atom. The smallest absolute Gasteiger partial charge is 0.252 e. The number of nitrogens with zero attached hydrogens (tertiary/aromatic N) is 3. The molecule has 6 rings (SSSR count). The number of para-hydroxylation sites is 1. The van der Waals surface area contributed by atoms with E-state index in [1.165, 1.54) is 0 Å². The monoisotopic (exact) mass is 586 g/mol. The lowest BCUT2D eigenvalue weighted by Crippen LogP contribution is -2.41. The van der Waals surface area contributed by atoms with Gasteiger partial charge in [-0.1, -0.05) is 66.7 Å². The van der Waals surface area contributed by atoms with Crippen molar-refractivity contribution in [2.45, 2.75) is 50.7 Å². The fourth-order valence-corrected chi connectivity index (χ4v) is 6.15. The van der Waals surface area contributed by atoms with Crippen molar-refractivity contribution < 1.29 is 9.59 Å². The van der Waals surface area contributed by atoms with Gasteiger partial charge in [0.25, 0.3) is 11.8 Å². The molecule has 1 saturated carbocycles. The number of nitrogens with one attached hydrogen (secondary N) is 3. The molecule has 0 spiro atoms. The van der Waals surface area contributed by atoms with Crippen LogP contribution in [0.25, 0.3) is 21.7 Å². The van der Waals surface area contributed by atoms with Crippen LogP contribution in [-0.2, 0) is 0 Å². The molecule has 0 bridgehead atoms. The Balaban J connectivity index is 1.08. The lowest BCUT2D eigenvalue weighted by Gasteiger charge is -2.30. The first-order valence-electron chi connectivity index (χ1n) is 15.3. The number of anilines is 2. The normalized spacial score (nSPS) is 17.2. The van der Waals surface area contributed by atoms with Gasteiger partial charge in [-0.15, -0.1) is 0 Å². The van der Waals surface area contributed by atoms with E-state index in [-0.39, 0.29) is 29.9 Å². The van der Waals surface area contributed by atoms with Crippen molar-refractivity contribution in [3.05, 3.63) is 108 Å². The van der Waals surface area contributed by atoms with Gasteiger partial charge in [0.05, 0.1) is 22.7 Å². The highest BCUT2D eigenvalue weighted by Gasteiger charge is 2.26. The van der Waals surface area contributed by atoms with Crippen molar-refractivity contribution in [2.24, 2.45) is 0 Å². The minimum Gasteiger partial charge on any atom is -0.362 e. The average Bonchev–Trinajstić information content (AvgIpc) is 3.04. The van der Waals surface area contributed by atoms with Gasteiger partial charge in [0, 0.05) is 31.6 Å². The van der Waals surface area contributed by atoms with Crippen molar-refractivity contribution in [1.29, 1.82) is 0 Å². The fourth-order valence-electron chi connectivity index (χ4n) is 6.15. The number of fused-ring (bicyclic) bond motifs is 2. The van der Waals surface area contributed by atoms with E-state index in [1.54, 1.807) is 24.3 Å². The molecule has 0 radical (unpaired) electrons. The number of benzene rings is 4. The third-order valence-electron chi connectivity index (χ3n) is 8.46. The van der Waals surface area contributed by atoms with Crippen molar-refractivity contribution >= 4 is 45.3 Å². The van der Waals surface area contributed by atoms with Gasteiger partial charge in [0.2, 0.25) is 5.95 Å². The first-order valence-corrected chi connectivity index (χ1v) is 15.3. The first-order chi connectivity index (χ1) is 21.4. The van der Waals surface area contributed by atoms with Gasteiger partial charge >= 0.3 is 0 Å². The molecule has 0 aliphatic heterocycles. The average molecular weight is 587 g/mol. The molecular weight excluding hydrogens is 548 g/mol. The molecule has 0 saturated heterocycles. The lowest BCUT2D eigenvalue weighted by atomic mass is 9.91. The van der Waals surface area contributed by atoms with Crippen molar-refractivity contribution in [2.75, 3.05) is 24.3 Å². The second-order valence-electron chi connectivity index (χ2n) is 11.8. The third-order valence-corrected chi connectivity index (χ3v) is 8.46. The second-order valence-corrected chi connectivity index (χ2v) is 11.8. The number of aromatic nitrogens is 2. The molecule has 4 aromatic carbocycles. The van der Waals surface area contributed by atoms with E-state index in [0.29, 0.717) is 17.1 Å². The Morgan fingerprint density at radius 2 is 1.34 bits per heavy atom. The Bertz CT molecular complexity index is 1810. The van der Waals surface area contributed by atoms with Gasteiger partial charge in [0.1, 0.15) is 5.82 Å². The Hall–Kier alpha value is -4.98. The summed E-state index contributed by atoms with van der Waals surface area (Å²) in [6.45, 7) is 1.97. The molecule has 1 aromatic heterocycles. The van der Waals surface area contributed by atoms with Crippen LogP contribution in [0, 0.1) is 0 Å². The Kier molecular flexibility index (Phi) is 8.41. The van der Waals surface area contributed by atoms with Crippen LogP contribution >= 0.6 is 0 Å². The highest BCUT2D eigenvalue weighted by molar-refractivity contribution is 6.07. The minimum absolute atomic E-state index is 0.0288. The van der Waals surface area contributed by atoms with Crippen molar-refractivity contribution in [1.82, 2.24) is 20.6 Å². The highest BCUT2D eigenvalue weighted by atomic mass is 16.2. The SMILES string of the molecule is C[C@H](NC(=O)c1ccccc1C(=O)NC1CCC(Nc2nc(N(C)C)c3ccccc3n2)CC1)c1cccc2ccccc12. The molecule has 1 fully saturated rings. The number of hydrogen-bond donors (Lipinski definition) is 3. The van der Waals surface area contributed by atoms with Gasteiger partial charge in [-0.3, -0.25) is 9.59 Å². The van der Waals surface area contributed by atoms with Crippen molar-refractivity contribution in [3.8, 4) is 0 Å². The zero-order chi connectivity index (χ0) is 30.6. The maximum Gasteiger partial charge on any atom is 0.252 e. The van der Waals surface area contributed by atoms with Gasteiger partial charge in [0.15, 0.2) is 0 Å². The minimum atomic E-state index is -0.267. The Labute approximate surface area is 257 Å². The largest absolute Gasteiger partial charge is 0.362 e. The van der Waals surface area contributed by atoms with E-state index < -0.39 is 0 Å². The van der Waals surface area contributed by atoms with E-state index in [4.69, 9.17) is 9.97 Å². The summed E-state index contributed by atoms with van der Waals surface area (Å²) in [5.74, 6) is 1.01. The molecule has 3 N–H and O–H groups in total. The summed E-state index contributed by atoms with van der Waals surface area (Å²) < 4.78 is 0. The van der Waals surface area contributed by atoms with Crippen LogP contribution in [0.1, 0.15) is 64.9 Å². The summed E-state index contributed by atoms with van der Waals surface area (Å²) in [5, 5.41) is 13.1. The van der Waals surface area contributed by atoms with E-state index >= 15 is 0 Å². The Morgan fingerprint density at radius 1 is 0.727 bits per heavy atom. The van der Waals surface area contributed by atoms with Gasteiger partial charge in [-0.25, -0.2) is 4.98 Å².